The minimum absolute atomic E-state index is 0.0188. The summed E-state index contributed by atoms with van der Waals surface area (Å²) in [5.41, 5.74) is 1.96. The Bertz CT molecular complexity index is 676. The maximum Gasteiger partial charge on any atom is 0.227 e. The average molecular weight is 328 g/mol. The lowest BCUT2D eigenvalue weighted by molar-refractivity contribution is -0.132. The summed E-state index contributed by atoms with van der Waals surface area (Å²) in [6, 6.07) is 10.0. The molecular weight excluding hydrogens is 307 g/mol. The maximum atomic E-state index is 13.0. The van der Waals surface area contributed by atoms with E-state index in [1.807, 2.05) is 17.0 Å². The number of amides is 1. The van der Waals surface area contributed by atoms with Crippen molar-refractivity contribution in [2.24, 2.45) is 0 Å². The Kier molecular flexibility index (Phi) is 5.20. The van der Waals surface area contributed by atoms with Crippen LogP contribution in [0.4, 0.5) is 4.39 Å². The molecule has 2 aromatic rings. The number of ether oxygens (including phenoxy) is 1. The van der Waals surface area contributed by atoms with E-state index in [9.17, 15) is 9.18 Å². The zero-order chi connectivity index (χ0) is 16.9. The van der Waals surface area contributed by atoms with Crippen LogP contribution in [0.2, 0.25) is 0 Å². The third-order valence-corrected chi connectivity index (χ3v) is 4.57. The van der Waals surface area contributed by atoms with E-state index in [1.54, 1.807) is 31.6 Å². The molecule has 5 heteroatoms. The summed E-state index contributed by atoms with van der Waals surface area (Å²) in [5, 5.41) is 0. The van der Waals surface area contributed by atoms with E-state index in [0.717, 1.165) is 24.0 Å². The molecule has 1 amide bonds. The summed E-state index contributed by atoms with van der Waals surface area (Å²) < 4.78 is 18.6. The molecule has 24 heavy (non-hydrogen) atoms. The Morgan fingerprint density at radius 3 is 2.58 bits per heavy atom. The van der Waals surface area contributed by atoms with Crippen molar-refractivity contribution < 1.29 is 13.9 Å². The number of methoxy groups -OCH3 is 1. The van der Waals surface area contributed by atoms with Gasteiger partial charge in [-0.25, -0.2) is 4.39 Å². The van der Waals surface area contributed by atoms with E-state index in [0.29, 0.717) is 6.54 Å². The Balaban J connectivity index is 1.72. The lowest BCUT2D eigenvalue weighted by Crippen LogP contribution is -2.42. The lowest BCUT2D eigenvalue weighted by Gasteiger charge is -2.28. The topological polar surface area (TPSA) is 42.4 Å². The first-order chi connectivity index (χ1) is 11.7. The van der Waals surface area contributed by atoms with Gasteiger partial charge in [0, 0.05) is 26.0 Å². The fourth-order valence-corrected chi connectivity index (χ4v) is 3.29. The molecule has 0 saturated carbocycles. The smallest absolute Gasteiger partial charge is 0.227 e. The summed E-state index contributed by atoms with van der Waals surface area (Å²) in [6.45, 7) is 0.689. The number of benzene rings is 1. The Hall–Kier alpha value is -2.27. The van der Waals surface area contributed by atoms with Gasteiger partial charge in [-0.05, 0) is 48.2 Å². The number of rotatable bonds is 5. The number of likely N-dealkylation sites (tertiary alicyclic amines) is 1. The van der Waals surface area contributed by atoms with Crippen LogP contribution in [-0.4, -0.2) is 41.6 Å². The Morgan fingerprint density at radius 1 is 1.21 bits per heavy atom. The first kappa shape index (κ1) is 16.6. The van der Waals surface area contributed by atoms with Crippen molar-refractivity contribution in [2.45, 2.75) is 31.4 Å². The number of halogens is 1. The van der Waals surface area contributed by atoms with Crippen LogP contribution in [0.3, 0.4) is 0 Å². The minimum atomic E-state index is -0.289. The summed E-state index contributed by atoms with van der Waals surface area (Å²) >= 11 is 0. The van der Waals surface area contributed by atoms with Gasteiger partial charge in [-0.3, -0.25) is 9.78 Å². The zero-order valence-corrected chi connectivity index (χ0v) is 13.7. The van der Waals surface area contributed by atoms with Gasteiger partial charge in [-0.1, -0.05) is 12.1 Å². The lowest BCUT2D eigenvalue weighted by atomic mass is 10.0. The predicted octanol–water partition coefficient (Wildman–Crippen LogP) is 2.62. The molecule has 1 aliphatic rings. The SMILES string of the molecule is CO[C@H]1CCN(C(=O)Cc2ccc(F)cc2)[C@H]1Cc1ccncc1. The van der Waals surface area contributed by atoms with Crippen molar-refractivity contribution >= 4 is 5.91 Å². The first-order valence-corrected chi connectivity index (χ1v) is 8.13. The maximum absolute atomic E-state index is 13.0. The molecule has 1 fully saturated rings. The second kappa shape index (κ2) is 7.53. The molecule has 3 rings (SSSR count). The van der Waals surface area contributed by atoms with Crippen LogP contribution in [0.1, 0.15) is 17.5 Å². The Labute approximate surface area is 141 Å². The second-order valence-corrected chi connectivity index (χ2v) is 6.08. The molecule has 0 radical (unpaired) electrons. The van der Waals surface area contributed by atoms with E-state index in [4.69, 9.17) is 4.74 Å². The van der Waals surface area contributed by atoms with E-state index in [2.05, 4.69) is 4.98 Å². The van der Waals surface area contributed by atoms with Gasteiger partial charge in [0.25, 0.3) is 0 Å². The highest BCUT2D eigenvalue weighted by molar-refractivity contribution is 5.79. The monoisotopic (exact) mass is 328 g/mol. The molecule has 1 aromatic heterocycles. The number of pyridine rings is 1. The van der Waals surface area contributed by atoms with E-state index in [1.165, 1.54) is 12.1 Å². The molecule has 1 aromatic carbocycles. The van der Waals surface area contributed by atoms with Gasteiger partial charge >= 0.3 is 0 Å². The highest BCUT2D eigenvalue weighted by atomic mass is 19.1. The largest absolute Gasteiger partial charge is 0.379 e. The highest BCUT2D eigenvalue weighted by Gasteiger charge is 2.36. The van der Waals surface area contributed by atoms with Gasteiger partial charge in [0.05, 0.1) is 18.6 Å². The van der Waals surface area contributed by atoms with Gasteiger partial charge in [-0.2, -0.15) is 0 Å². The van der Waals surface area contributed by atoms with Crippen LogP contribution < -0.4 is 0 Å². The number of hydrogen-bond acceptors (Lipinski definition) is 3. The van der Waals surface area contributed by atoms with Crippen LogP contribution in [-0.2, 0) is 22.4 Å². The summed E-state index contributed by atoms with van der Waals surface area (Å²) in [6.07, 6.45) is 5.42. The van der Waals surface area contributed by atoms with Gasteiger partial charge in [0.1, 0.15) is 5.82 Å². The van der Waals surface area contributed by atoms with Crippen molar-refractivity contribution in [3.05, 3.63) is 65.7 Å². The van der Waals surface area contributed by atoms with Crippen LogP contribution in [0, 0.1) is 5.82 Å². The van der Waals surface area contributed by atoms with E-state index < -0.39 is 0 Å². The Morgan fingerprint density at radius 2 is 1.92 bits per heavy atom. The molecule has 4 nitrogen and oxygen atoms in total. The molecular formula is C19H21FN2O2. The quantitative estimate of drug-likeness (QED) is 0.847. The van der Waals surface area contributed by atoms with Crippen LogP contribution in [0.25, 0.3) is 0 Å². The summed E-state index contributed by atoms with van der Waals surface area (Å²) in [5.74, 6) is -0.234. The molecule has 2 heterocycles. The predicted molar refractivity (Wildman–Crippen MR) is 89.0 cm³/mol. The van der Waals surface area contributed by atoms with Crippen LogP contribution in [0.5, 0.6) is 0 Å². The molecule has 126 valence electrons. The molecule has 1 saturated heterocycles. The molecule has 0 spiro atoms. The molecule has 2 atom stereocenters. The van der Waals surface area contributed by atoms with Crippen molar-refractivity contribution in [1.29, 1.82) is 0 Å². The summed E-state index contributed by atoms with van der Waals surface area (Å²) in [7, 11) is 1.69. The van der Waals surface area contributed by atoms with Gasteiger partial charge < -0.3 is 9.64 Å². The number of carbonyl (C=O) groups is 1. The standard InChI is InChI=1S/C19H21FN2O2/c1-24-18-8-11-22(17(18)12-15-6-9-21-10-7-15)19(23)13-14-2-4-16(20)5-3-14/h2-7,9-10,17-18H,8,11-13H2,1H3/t17-,18-/m0/s1. The zero-order valence-electron chi connectivity index (χ0n) is 13.7. The van der Waals surface area contributed by atoms with Gasteiger partial charge in [0.2, 0.25) is 5.91 Å². The number of nitrogens with zero attached hydrogens (tertiary/aromatic N) is 2. The number of hydrogen-bond donors (Lipinski definition) is 0. The molecule has 0 unspecified atom stereocenters. The van der Waals surface area contributed by atoms with E-state index in [-0.39, 0.29) is 30.3 Å². The van der Waals surface area contributed by atoms with Gasteiger partial charge in [-0.15, -0.1) is 0 Å². The highest BCUT2D eigenvalue weighted by Crippen LogP contribution is 2.25. The first-order valence-electron chi connectivity index (χ1n) is 8.13. The summed E-state index contributed by atoms with van der Waals surface area (Å²) in [4.78, 5) is 18.7. The number of carbonyl (C=O) groups excluding carboxylic acids is 1. The third kappa shape index (κ3) is 3.79. The van der Waals surface area contributed by atoms with E-state index >= 15 is 0 Å². The van der Waals surface area contributed by atoms with Crippen LogP contribution in [0.15, 0.2) is 48.8 Å². The van der Waals surface area contributed by atoms with Crippen molar-refractivity contribution in [1.82, 2.24) is 9.88 Å². The minimum Gasteiger partial charge on any atom is -0.379 e. The second-order valence-electron chi connectivity index (χ2n) is 6.08. The average Bonchev–Trinajstić information content (AvgIpc) is 3.00. The normalized spacial score (nSPS) is 20.3. The van der Waals surface area contributed by atoms with Crippen LogP contribution >= 0.6 is 0 Å². The van der Waals surface area contributed by atoms with Gasteiger partial charge in [0.15, 0.2) is 0 Å². The molecule has 0 N–H and O–H groups in total. The van der Waals surface area contributed by atoms with Crippen molar-refractivity contribution in [2.75, 3.05) is 13.7 Å². The fraction of sp³-hybridized carbons (Fsp3) is 0.368. The van der Waals surface area contributed by atoms with Crippen molar-refractivity contribution in [3.63, 3.8) is 0 Å². The third-order valence-electron chi connectivity index (χ3n) is 4.57. The van der Waals surface area contributed by atoms with Crippen molar-refractivity contribution in [3.8, 4) is 0 Å². The molecule has 0 bridgehead atoms. The number of aromatic nitrogens is 1. The fourth-order valence-electron chi connectivity index (χ4n) is 3.29. The molecule has 1 aliphatic heterocycles. The molecule has 0 aliphatic carbocycles.